The van der Waals surface area contributed by atoms with E-state index in [0.29, 0.717) is 0 Å². The Bertz CT molecular complexity index is 634. The van der Waals surface area contributed by atoms with Crippen LogP contribution in [0.2, 0.25) is 0 Å². The zero-order valence-electron chi connectivity index (χ0n) is 11.5. The van der Waals surface area contributed by atoms with E-state index in [-0.39, 0.29) is 5.84 Å². The number of anilines is 1. The fourth-order valence-corrected chi connectivity index (χ4v) is 2.90. The molecule has 20 heavy (non-hydrogen) atoms. The van der Waals surface area contributed by atoms with Gasteiger partial charge in [0.15, 0.2) is 0 Å². The highest BCUT2D eigenvalue weighted by atomic mass is 15.1. The molecule has 0 amide bonds. The van der Waals surface area contributed by atoms with Crippen LogP contribution in [-0.4, -0.2) is 12.4 Å². The van der Waals surface area contributed by atoms with Gasteiger partial charge in [-0.3, -0.25) is 5.41 Å². The van der Waals surface area contributed by atoms with Crippen LogP contribution in [-0.2, 0) is 13.0 Å². The highest BCUT2D eigenvalue weighted by molar-refractivity contribution is 5.96. The molecule has 0 radical (unpaired) electrons. The number of rotatable bonds is 3. The molecule has 1 aliphatic heterocycles. The molecule has 1 heterocycles. The minimum absolute atomic E-state index is 0.144. The third-order valence-corrected chi connectivity index (χ3v) is 3.88. The topological polar surface area (TPSA) is 53.1 Å². The lowest BCUT2D eigenvalue weighted by Crippen LogP contribution is -2.29. The van der Waals surface area contributed by atoms with Gasteiger partial charge >= 0.3 is 0 Å². The third kappa shape index (κ3) is 2.39. The van der Waals surface area contributed by atoms with Crippen LogP contribution < -0.4 is 10.6 Å². The van der Waals surface area contributed by atoms with Crippen molar-refractivity contribution in [3.63, 3.8) is 0 Å². The number of para-hydroxylation sites is 1. The lowest BCUT2D eigenvalue weighted by atomic mass is 10.00. The van der Waals surface area contributed by atoms with Gasteiger partial charge in [-0.15, -0.1) is 0 Å². The van der Waals surface area contributed by atoms with Gasteiger partial charge in [0.1, 0.15) is 5.84 Å². The molecule has 3 heteroatoms. The molecule has 3 rings (SSSR count). The second-order valence-electron chi connectivity index (χ2n) is 5.22. The lowest BCUT2D eigenvalue weighted by Gasteiger charge is -2.31. The lowest BCUT2D eigenvalue weighted by molar-refractivity contribution is 0.691. The Kier molecular flexibility index (Phi) is 3.42. The second kappa shape index (κ2) is 5.37. The zero-order chi connectivity index (χ0) is 13.9. The molecule has 0 aliphatic carbocycles. The molecular weight excluding hydrogens is 246 g/mol. The van der Waals surface area contributed by atoms with Crippen LogP contribution in [0.3, 0.4) is 0 Å². The number of aryl methyl sites for hydroxylation is 1. The molecule has 1 aliphatic rings. The van der Waals surface area contributed by atoms with E-state index >= 15 is 0 Å². The summed E-state index contributed by atoms with van der Waals surface area (Å²) in [6, 6.07) is 16.5. The van der Waals surface area contributed by atoms with Crippen LogP contribution >= 0.6 is 0 Å². The number of amidine groups is 1. The number of nitrogens with two attached hydrogens (primary N) is 1. The molecule has 0 saturated carbocycles. The Balaban J connectivity index is 1.92. The van der Waals surface area contributed by atoms with Crippen molar-refractivity contribution in [2.45, 2.75) is 19.4 Å². The van der Waals surface area contributed by atoms with Crippen molar-refractivity contribution in [1.82, 2.24) is 0 Å². The number of benzene rings is 2. The summed E-state index contributed by atoms with van der Waals surface area (Å²) in [5.41, 5.74) is 10.4. The summed E-state index contributed by atoms with van der Waals surface area (Å²) in [6.45, 7) is 1.87. The molecule has 2 aromatic carbocycles. The first-order valence-electron chi connectivity index (χ1n) is 7.01. The van der Waals surface area contributed by atoms with E-state index in [2.05, 4.69) is 35.2 Å². The normalized spacial score (nSPS) is 13.9. The van der Waals surface area contributed by atoms with E-state index in [1.807, 2.05) is 18.2 Å². The van der Waals surface area contributed by atoms with Crippen molar-refractivity contribution in [2.75, 3.05) is 11.4 Å². The summed E-state index contributed by atoms with van der Waals surface area (Å²) in [5.74, 6) is 0.144. The molecule has 0 saturated heterocycles. The van der Waals surface area contributed by atoms with Gasteiger partial charge in [-0.1, -0.05) is 42.5 Å². The van der Waals surface area contributed by atoms with Crippen LogP contribution in [0.15, 0.2) is 48.5 Å². The summed E-state index contributed by atoms with van der Waals surface area (Å²) in [6.07, 6.45) is 2.33. The average Bonchev–Trinajstić information content (AvgIpc) is 2.48. The molecule has 2 aromatic rings. The second-order valence-corrected chi connectivity index (χ2v) is 5.22. The van der Waals surface area contributed by atoms with Gasteiger partial charge < -0.3 is 10.6 Å². The van der Waals surface area contributed by atoms with Gasteiger partial charge in [0, 0.05) is 24.3 Å². The Hall–Kier alpha value is -2.29. The molecule has 0 fully saturated rings. The summed E-state index contributed by atoms with van der Waals surface area (Å²) in [5, 5.41) is 7.70. The first-order valence-corrected chi connectivity index (χ1v) is 7.01. The molecule has 3 N–H and O–H groups in total. The molecule has 0 aromatic heterocycles. The Labute approximate surface area is 119 Å². The molecule has 0 bridgehead atoms. The Morgan fingerprint density at radius 3 is 2.70 bits per heavy atom. The van der Waals surface area contributed by atoms with E-state index in [0.717, 1.165) is 30.6 Å². The van der Waals surface area contributed by atoms with E-state index in [4.69, 9.17) is 11.1 Å². The van der Waals surface area contributed by atoms with Gasteiger partial charge in [-0.05, 0) is 30.0 Å². The fourth-order valence-electron chi connectivity index (χ4n) is 2.90. The largest absolute Gasteiger partial charge is 0.384 e. The molecule has 3 nitrogen and oxygen atoms in total. The number of nitrogen functional groups attached to an aromatic ring is 1. The number of nitrogens with zero attached hydrogens (tertiary/aromatic N) is 1. The minimum atomic E-state index is 0.144. The molecule has 0 spiro atoms. The van der Waals surface area contributed by atoms with E-state index < -0.39 is 0 Å². The molecular formula is C17H19N3. The number of hydrogen-bond acceptors (Lipinski definition) is 2. The van der Waals surface area contributed by atoms with Gasteiger partial charge in [0.05, 0.1) is 0 Å². The summed E-state index contributed by atoms with van der Waals surface area (Å²) < 4.78 is 0. The summed E-state index contributed by atoms with van der Waals surface area (Å²) in [4.78, 5) is 2.39. The minimum Gasteiger partial charge on any atom is -0.384 e. The molecule has 0 unspecified atom stereocenters. The van der Waals surface area contributed by atoms with Crippen LogP contribution in [0, 0.1) is 5.41 Å². The van der Waals surface area contributed by atoms with Crippen molar-refractivity contribution < 1.29 is 0 Å². The number of hydrogen-bond donors (Lipinski definition) is 2. The maximum absolute atomic E-state index is 7.70. The van der Waals surface area contributed by atoms with Gasteiger partial charge in [-0.2, -0.15) is 0 Å². The van der Waals surface area contributed by atoms with Crippen LogP contribution in [0.5, 0.6) is 0 Å². The van der Waals surface area contributed by atoms with Crippen molar-refractivity contribution in [1.29, 1.82) is 5.41 Å². The van der Waals surface area contributed by atoms with Crippen molar-refractivity contribution in [3.05, 3.63) is 65.2 Å². The van der Waals surface area contributed by atoms with Crippen LogP contribution in [0.25, 0.3) is 0 Å². The predicted molar refractivity (Wildman–Crippen MR) is 83.3 cm³/mol. The van der Waals surface area contributed by atoms with Crippen molar-refractivity contribution >= 4 is 11.5 Å². The maximum Gasteiger partial charge on any atom is 0.123 e. The van der Waals surface area contributed by atoms with Gasteiger partial charge in [0.25, 0.3) is 0 Å². The number of fused-ring (bicyclic) bond motifs is 1. The van der Waals surface area contributed by atoms with E-state index in [9.17, 15) is 0 Å². The highest BCUT2D eigenvalue weighted by Gasteiger charge is 2.17. The quantitative estimate of drug-likeness (QED) is 0.662. The monoisotopic (exact) mass is 265 g/mol. The number of nitrogens with one attached hydrogen (secondary N) is 1. The molecule has 102 valence electrons. The zero-order valence-corrected chi connectivity index (χ0v) is 11.5. The summed E-state index contributed by atoms with van der Waals surface area (Å²) in [7, 11) is 0. The first-order chi connectivity index (χ1) is 9.75. The summed E-state index contributed by atoms with van der Waals surface area (Å²) >= 11 is 0. The Morgan fingerprint density at radius 2 is 1.85 bits per heavy atom. The first kappa shape index (κ1) is 12.7. The average molecular weight is 265 g/mol. The van der Waals surface area contributed by atoms with Gasteiger partial charge in [-0.25, -0.2) is 0 Å². The predicted octanol–water partition coefficient (Wildman–Crippen LogP) is 2.92. The van der Waals surface area contributed by atoms with E-state index in [1.54, 1.807) is 0 Å². The third-order valence-electron chi connectivity index (χ3n) is 3.88. The fraction of sp³-hybridized carbons (Fsp3) is 0.235. The standard InChI is InChI=1S/C17H19N3/c18-17(19)15-9-3-1-7-14(15)12-20-11-5-8-13-6-2-4-10-16(13)20/h1-4,6-7,9-10H,5,8,11-12H2,(H3,18,19). The van der Waals surface area contributed by atoms with E-state index in [1.165, 1.54) is 17.7 Å². The highest BCUT2D eigenvalue weighted by Crippen LogP contribution is 2.28. The van der Waals surface area contributed by atoms with Crippen molar-refractivity contribution in [3.8, 4) is 0 Å². The Morgan fingerprint density at radius 1 is 1.10 bits per heavy atom. The van der Waals surface area contributed by atoms with Crippen molar-refractivity contribution in [2.24, 2.45) is 5.73 Å². The smallest absolute Gasteiger partial charge is 0.123 e. The van der Waals surface area contributed by atoms with Crippen LogP contribution in [0.1, 0.15) is 23.1 Å². The maximum atomic E-state index is 7.70. The van der Waals surface area contributed by atoms with Gasteiger partial charge in [0.2, 0.25) is 0 Å². The SMILES string of the molecule is N=C(N)c1ccccc1CN1CCCc2ccccc21. The molecule has 0 atom stereocenters. The van der Waals surface area contributed by atoms with Crippen LogP contribution in [0.4, 0.5) is 5.69 Å².